The standard InChI is InChI=1S/C27H22ClIN2O5/c1-3-35-23-14-18(13-21(29)24(23)36-15-17-8-10-19(28)11-9-17)12-20-25(32)30-27(34)31(26(20)33)22-7-5-4-6-16(22)2/h4-14H,3,15H2,1-2H3,(H,30,32,34)/b20-12+. The van der Waals surface area contributed by atoms with Crippen LogP contribution in [0.4, 0.5) is 10.5 Å². The van der Waals surface area contributed by atoms with Crippen LogP contribution in [-0.4, -0.2) is 24.5 Å². The van der Waals surface area contributed by atoms with Gasteiger partial charge in [0.15, 0.2) is 11.5 Å². The molecular weight excluding hydrogens is 595 g/mol. The van der Waals surface area contributed by atoms with Crippen LogP contribution >= 0.6 is 34.2 Å². The molecule has 0 aromatic heterocycles. The largest absolute Gasteiger partial charge is 0.490 e. The van der Waals surface area contributed by atoms with Gasteiger partial charge in [-0.15, -0.1) is 0 Å². The maximum absolute atomic E-state index is 13.3. The highest BCUT2D eigenvalue weighted by Gasteiger charge is 2.37. The third kappa shape index (κ3) is 5.55. The van der Waals surface area contributed by atoms with Crippen molar-refractivity contribution in [3.8, 4) is 11.5 Å². The third-order valence-electron chi connectivity index (χ3n) is 5.40. The molecule has 0 aliphatic carbocycles. The minimum absolute atomic E-state index is 0.161. The molecule has 4 amide bonds. The van der Waals surface area contributed by atoms with Crippen LogP contribution in [0.2, 0.25) is 5.02 Å². The average molecular weight is 617 g/mol. The van der Waals surface area contributed by atoms with Crippen molar-refractivity contribution in [3.05, 3.63) is 91.5 Å². The molecule has 0 spiro atoms. The van der Waals surface area contributed by atoms with Gasteiger partial charge in [-0.05, 0) is 89.5 Å². The molecule has 0 bridgehead atoms. The summed E-state index contributed by atoms with van der Waals surface area (Å²) in [6.45, 7) is 4.34. The molecule has 0 saturated carbocycles. The molecule has 184 valence electrons. The number of nitrogens with one attached hydrogen (secondary N) is 1. The number of amides is 4. The highest BCUT2D eigenvalue weighted by Crippen LogP contribution is 2.36. The number of hydrogen-bond acceptors (Lipinski definition) is 5. The maximum atomic E-state index is 13.3. The Bertz CT molecular complexity index is 1370. The van der Waals surface area contributed by atoms with Gasteiger partial charge in [-0.2, -0.15) is 0 Å². The molecular formula is C27H22ClIN2O5. The maximum Gasteiger partial charge on any atom is 0.335 e. The van der Waals surface area contributed by atoms with Crippen molar-refractivity contribution in [1.29, 1.82) is 0 Å². The lowest BCUT2D eigenvalue weighted by atomic mass is 10.1. The van der Waals surface area contributed by atoms with Gasteiger partial charge in [0.2, 0.25) is 0 Å². The summed E-state index contributed by atoms with van der Waals surface area (Å²) in [5.41, 5.74) is 2.47. The van der Waals surface area contributed by atoms with Crippen molar-refractivity contribution in [1.82, 2.24) is 5.32 Å². The number of carbonyl (C=O) groups excluding carboxylic acids is 3. The zero-order chi connectivity index (χ0) is 25.8. The predicted octanol–water partition coefficient (Wildman–Crippen LogP) is 5.90. The van der Waals surface area contributed by atoms with E-state index in [1.165, 1.54) is 6.08 Å². The van der Waals surface area contributed by atoms with Gasteiger partial charge in [0.05, 0.1) is 15.9 Å². The molecule has 3 aromatic rings. The summed E-state index contributed by atoms with van der Waals surface area (Å²) in [4.78, 5) is 39.4. The van der Waals surface area contributed by atoms with E-state index in [1.807, 2.05) is 19.1 Å². The fraction of sp³-hybridized carbons (Fsp3) is 0.148. The third-order valence-corrected chi connectivity index (χ3v) is 6.45. The molecule has 3 aromatic carbocycles. The smallest absolute Gasteiger partial charge is 0.335 e. The van der Waals surface area contributed by atoms with Gasteiger partial charge in [0.25, 0.3) is 11.8 Å². The predicted molar refractivity (Wildman–Crippen MR) is 146 cm³/mol. The fourth-order valence-corrected chi connectivity index (χ4v) is 4.57. The topological polar surface area (TPSA) is 84.9 Å². The highest BCUT2D eigenvalue weighted by atomic mass is 127. The molecule has 1 N–H and O–H groups in total. The quantitative estimate of drug-likeness (QED) is 0.203. The SMILES string of the molecule is CCOc1cc(/C=C2\C(=O)NC(=O)N(c3ccccc3C)C2=O)cc(I)c1OCc1ccc(Cl)cc1. The van der Waals surface area contributed by atoms with Gasteiger partial charge in [0, 0.05) is 5.02 Å². The number of rotatable bonds is 7. The normalized spacial score (nSPS) is 14.7. The number of imide groups is 2. The Kier molecular flexibility index (Phi) is 7.95. The zero-order valence-electron chi connectivity index (χ0n) is 19.5. The molecule has 1 fully saturated rings. The van der Waals surface area contributed by atoms with Gasteiger partial charge >= 0.3 is 6.03 Å². The molecule has 1 aliphatic rings. The number of hydrogen-bond donors (Lipinski definition) is 1. The van der Waals surface area contributed by atoms with Crippen LogP contribution in [0.25, 0.3) is 6.08 Å². The van der Waals surface area contributed by atoms with E-state index in [1.54, 1.807) is 55.5 Å². The molecule has 0 unspecified atom stereocenters. The van der Waals surface area contributed by atoms with Crippen LogP contribution < -0.4 is 19.7 Å². The number of anilines is 1. The van der Waals surface area contributed by atoms with Crippen molar-refractivity contribution in [3.63, 3.8) is 0 Å². The summed E-state index contributed by atoms with van der Waals surface area (Å²) in [5.74, 6) is -0.439. The average Bonchev–Trinajstić information content (AvgIpc) is 2.83. The number of nitrogens with zero attached hydrogens (tertiary/aromatic N) is 1. The molecule has 36 heavy (non-hydrogen) atoms. The summed E-state index contributed by atoms with van der Waals surface area (Å²) in [5, 5.41) is 2.90. The van der Waals surface area contributed by atoms with Crippen molar-refractivity contribution < 1.29 is 23.9 Å². The first-order valence-electron chi connectivity index (χ1n) is 11.1. The van der Waals surface area contributed by atoms with Gasteiger partial charge in [0.1, 0.15) is 12.2 Å². The van der Waals surface area contributed by atoms with E-state index in [9.17, 15) is 14.4 Å². The Morgan fingerprint density at radius 2 is 1.75 bits per heavy atom. The molecule has 0 atom stereocenters. The van der Waals surface area contributed by atoms with E-state index in [0.717, 1.165) is 19.6 Å². The minimum Gasteiger partial charge on any atom is -0.490 e. The minimum atomic E-state index is -0.785. The molecule has 1 heterocycles. The lowest BCUT2D eigenvalue weighted by Gasteiger charge is -2.27. The number of halogens is 2. The van der Waals surface area contributed by atoms with Gasteiger partial charge in [-0.25, -0.2) is 9.69 Å². The molecule has 9 heteroatoms. The zero-order valence-corrected chi connectivity index (χ0v) is 22.4. The van der Waals surface area contributed by atoms with Crippen LogP contribution in [-0.2, 0) is 16.2 Å². The van der Waals surface area contributed by atoms with Crippen LogP contribution in [0.15, 0.2) is 66.2 Å². The molecule has 0 radical (unpaired) electrons. The number of urea groups is 1. The van der Waals surface area contributed by atoms with E-state index < -0.39 is 17.8 Å². The monoisotopic (exact) mass is 616 g/mol. The number of aryl methyl sites for hydroxylation is 1. The second-order valence-corrected chi connectivity index (χ2v) is 9.52. The molecule has 7 nitrogen and oxygen atoms in total. The van der Waals surface area contributed by atoms with E-state index in [4.69, 9.17) is 21.1 Å². The Morgan fingerprint density at radius 1 is 1.03 bits per heavy atom. The van der Waals surface area contributed by atoms with E-state index in [2.05, 4.69) is 27.9 Å². The van der Waals surface area contributed by atoms with Crippen LogP contribution in [0, 0.1) is 10.5 Å². The molecule has 4 rings (SSSR count). The highest BCUT2D eigenvalue weighted by molar-refractivity contribution is 14.1. The van der Waals surface area contributed by atoms with E-state index >= 15 is 0 Å². The van der Waals surface area contributed by atoms with Gasteiger partial charge in [-0.3, -0.25) is 14.9 Å². The molecule has 1 saturated heterocycles. The number of ether oxygens (including phenoxy) is 2. The Balaban J connectivity index is 1.66. The lowest BCUT2D eigenvalue weighted by Crippen LogP contribution is -2.54. The van der Waals surface area contributed by atoms with Crippen molar-refractivity contribution in [2.24, 2.45) is 0 Å². The first-order chi connectivity index (χ1) is 17.3. The van der Waals surface area contributed by atoms with Crippen molar-refractivity contribution >= 4 is 63.8 Å². The fourth-order valence-electron chi connectivity index (χ4n) is 3.67. The number of benzene rings is 3. The summed E-state index contributed by atoms with van der Waals surface area (Å²) in [6, 6.07) is 17.0. The summed E-state index contributed by atoms with van der Waals surface area (Å²) < 4.78 is 12.6. The summed E-state index contributed by atoms with van der Waals surface area (Å²) in [6.07, 6.45) is 1.45. The number of barbiturate groups is 1. The van der Waals surface area contributed by atoms with Crippen molar-refractivity contribution in [2.75, 3.05) is 11.5 Å². The first kappa shape index (κ1) is 25.7. The Labute approximate surface area is 227 Å². The van der Waals surface area contributed by atoms with Gasteiger partial charge < -0.3 is 9.47 Å². The number of carbonyl (C=O) groups is 3. The lowest BCUT2D eigenvalue weighted by molar-refractivity contribution is -0.122. The summed E-state index contributed by atoms with van der Waals surface area (Å²) in [7, 11) is 0. The Morgan fingerprint density at radius 3 is 2.44 bits per heavy atom. The van der Waals surface area contributed by atoms with Crippen molar-refractivity contribution in [2.45, 2.75) is 20.5 Å². The van der Waals surface area contributed by atoms with Crippen LogP contribution in [0.5, 0.6) is 11.5 Å². The second-order valence-electron chi connectivity index (χ2n) is 7.92. The van der Waals surface area contributed by atoms with E-state index in [-0.39, 0.29) is 5.57 Å². The first-order valence-corrected chi connectivity index (χ1v) is 12.5. The summed E-state index contributed by atoms with van der Waals surface area (Å²) >= 11 is 8.08. The Hall–Kier alpha value is -3.37. The molecule has 1 aliphatic heterocycles. The van der Waals surface area contributed by atoms with Crippen LogP contribution in [0.1, 0.15) is 23.6 Å². The van der Waals surface area contributed by atoms with Gasteiger partial charge in [-0.1, -0.05) is 41.9 Å². The number of para-hydroxylation sites is 1. The van der Waals surface area contributed by atoms with Crippen LogP contribution in [0.3, 0.4) is 0 Å². The second kappa shape index (κ2) is 11.1. The van der Waals surface area contributed by atoms with E-state index in [0.29, 0.717) is 41.0 Å².